The Morgan fingerprint density at radius 1 is 1.21 bits per heavy atom. The second kappa shape index (κ2) is 8.87. The van der Waals surface area contributed by atoms with E-state index < -0.39 is 4.92 Å². The van der Waals surface area contributed by atoms with Crippen molar-refractivity contribution in [1.82, 2.24) is 10.2 Å². The number of non-ortho nitro benzene ring substituents is 1. The summed E-state index contributed by atoms with van der Waals surface area (Å²) in [6.45, 7) is 3.36. The summed E-state index contributed by atoms with van der Waals surface area (Å²) in [7, 11) is 2.93. The van der Waals surface area contributed by atoms with E-state index >= 15 is 0 Å². The van der Waals surface area contributed by atoms with Crippen molar-refractivity contribution < 1.29 is 18.8 Å². The molecule has 0 bridgehead atoms. The lowest BCUT2D eigenvalue weighted by atomic mass is 10.1. The maximum Gasteiger partial charge on any atom is 0.270 e. The summed E-state index contributed by atoms with van der Waals surface area (Å²) < 4.78 is 18.8. The van der Waals surface area contributed by atoms with Crippen molar-refractivity contribution in [3.05, 3.63) is 63.5 Å². The van der Waals surface area contributed by atoms with Crippen molar-refractivity contribution >= 4 is 17.3 Å². The van der Waals surface area contributed by atoms with Gasteiger partial charge in [0.05, 0.1) is 23.3 Å². The molecule has 154 valence electrons. The molecule has 2 aromatic rings. The Labute approximate surface area is 168 Å². The van der Waals surface area contributed by atoms with E-state index in [1.165, 1.54) is 32.4 Å². The predicted octanol–water partition coefficient (Wildman–Crippen LogP) is 2.42. The molecular formula is C20H23FN4O4. The number of hydrogen-bond acceptors (Lipinski definition) is 6. The van der Waals surface area contributed by atoms with Crippen molar-refractivity contribution in [3.8, 4) is 5.75 Å². The van der Waals surface area contributed by atoms with Crippen LogP contribution in [0.2, 0.25) is 0 Å². The number of nitro groups is 1. The number of rotatable bonds is 6. The number of nitro benzene ring substituents is 1. The molecule has 8 nitrogen and oxygen atoms in total. The molecule has 1 heterocycles. The van der Waals surface area contributed by atoms with Gasteiger partial charge in [0.15, 0.2) is 11.6 Å². The van der Waals surface area contributed by atoms with E-state index in [2.05, 4.69) is 10.2 Å². The molecule has 1 fully saturated rings. The molecule has 0 aliphatic carbocycles. The number of hydrogen-bond donors (Lipinski definition) is 1. The van der Waals surface area contributed by atoms with Crippen LogP contribution in [0, 0.1) is 15.9 Å². The predicted molar refractivity (Wildman–Crippen MR) is 107 cm³/mol. The van der Waals surface area contributed by atoms with Crippen LogP contribution in [-0.4, -0.2) is 56.1 Å². The number of benzene rings is 2. The summed E-state index contributed by atoms with van der Waals surface area (Å²) in [6.07, 6.45) is 0. The van der Waals surface area contributed by atoms with E-state index in [0.29, 0.717) is 25.3 Å². The van der Waals surface area contributed by atoms with Crippen molar-refractivity contribution in [2.45, 2.75) is 6.54 Å². The van der Waals surface area contributed by atoms with E-state index in [-0.39, 0.29) is 28.7 Å². The third kappa shape index (κ3) is 4.62. The molecule has 0 spiro atoms. The Bertz CT molecular complexity index is 913. The molecule has 3 rings (SSSR count). The van der Waals surface area contributed by atoms with E-state index in [1.54, 1.807) is 12.1 Å². The summed E-state index contributed by atoms with van der Waals surface area (Å²) in [5.74, 6) is -0.525. The number of piperazine rings is 1. The van der Waals surface area contributed by atoms with E-state index in [1.807, 2.05) is 11.0 Å². The quantitative estimate of drug-likeness (QED) is 0.590. The third-order valence-electron chi connectivity index (χ3n) is 5.00. The first-order valence-corrected chi connectivity index (χ1v) is 9.23. The van der Waals surface area contributed by atoms with Crippen LogP contribution in [0.25, 0.3) is 0 Å². The van der Waals surface area contributed by atoms with Gasteiger partial charge in [0.1, 0.15) is 0 Å². The zero-order chi connectivity index (χ0) is 21.0. The van der Waals surface area contributed by atoms with Crippen molar-refractivity contribution in [2.75, 3.05) is 45.2 Å². The van der Waals surface area contributed by atoms with E-state index in [9.17, 15) is 19.3 Å². The average Bonchev–Trinajstić information content (AvgIpc) is 2.73. The second-order valence-corrected chi connectivity index (χ2v) is 6.77. The van der Waals surface area contributed by atoms with E-state index in [4.69, 9.17) is 4.74 Å². The highest BCUT2D eigenvalue weighted by Gasteiger charge is 2.23. The number of carbonyl (C=O) groups excluding carboxylic acids is 1. The number of anilines is 1. The molecule has 1 aliphatic heterocycles. The van der Waals surface area contributed by atoms with Gasteiger partial charge in [-0.25, -0.2) is 4.39 Å². The fourth-order valence-electron chi connectivity index (χ4n) is 3.44. The first-order chi connectivity index (χ1) is 13.9. The summed E-state index contributed by atoms with van der Waals surface area (Å²) in [6, 6.07) is 9.28. The van der Waals surface area contributed by atoms with Gasteiger partial charge in [-0.05, 0) is 23.8 Å². The van der Waals surface area contributed by atoms with Gasteiger partial charge in [-0.15, -0.1) is 0 Å². The van der Waals surface area contributed by atoms with Crippen LogP contribution in [0.1, 0.15) is 15.9 Å². The number of carbonyl (C=O) groups is 1. The number of amides is 1. The topological polar surface area (TPSA) is 87.9 Å². The molecule has 0 saturated carbocycles. The Hall–Kier alpha value is -3.20. The molecule has 1 saturated heterocycles. The van der Waals surface area contributed by atoms with Gasteiger partial charge in [-0.3, -0.25) is 19.8 Å². The van der Waals surface area contributed by atoms with Crippen LogP contribution < -0.4 is 15.0 Å². The minimum Gasteiger partial charge on any atom is -0.494 e. The van der Waals surface area contributed by atoms with Crippen LogP contribution in [0.15, 0.2) is 36.4 Å². The number of methoxy groups -OCH3 is 1. The van der Waals surface area contributed by atoms with Gasteiger partial charge in [0.25, 0.3) is 11.6 Å². The first kappa shape index (κ1) is 20.5. The first-order valence-electron chi connectivity index (χ1n) is 9.23. The summed E-state index contributed by atoms with van der Waals surface area (Å²) in [5.41, 5.74) is 1.70. The zero-order valence-corrected chi connectivity index (χ0v) is 16.4. The number of nitrogens with zero attached hydrogens (tertiary/aromatic N) is 3. The zero-order valence-electron chi connectivity index (χ0n) is 16.4. The number of nitrogens with one attached hydrogen (secondary N) is 1. The van der Waals surface area contributed by atoms with Crippen molar-refractivity contribution in [1.29, 1.82) is 0 Å². The lowest BCUT2D eigenvalue weighted by Crippen LogP contribution is -2.46. The van der Waals surface area contributed by atoms with Gasteiger partial charge in [0.2, 0.25) is 0 Å². The molecule has 1 N–H and O–H groups in total. The van der Waals surface area contributed by atoms with Crippen LogP contribution in [0.5, 0.6) is 5.75 Å². The molecular weight excluding hydrogens is 379 g/mol. The third-order valence-corrected chi connectivity index (χ3v) is 5.00. The lowest BCUT2D eigenvalue weighted by Gasteiger charge is -2.36. The van der Waals surface area contributed by atoms with Crippen LogP contribution >= 0.6 is 0 Å². The molecule has 0 unspecified atom stereocenters. The SMILES string of the molecule is CNC(=O)c1cc([N+](=O)[O-])ccc1N1CCN(Cc2ccc(OC)c(F)c2)CC1. The number of ether oxygens (including phenoxy) is 1. The summed E-state index contributed by atoms with van der Waals surface area (Å²) >= 11 is 0. The van der Waals surface area contributed by atoms with Crippen LogP contribution in [0.4, 0.5) is 15.8 Å². The minimum atomic E-state index is -0.512. The molecule has 1 aliphatic rings. The Morgan fingerprint density at radius 2 is 1.93 bits per heavy atom. The van der Waals surface area contributed by atoms with Gasteiger partial charge in [-0.1, -0.05) is 6.07 Å². The minimum absolute atomic E-state index is 0.118. The Morgan fingerprint density at radius 3 is 2.52 bits per heavy atom. The molecule has 9 heteroatoms. The fourth-order valence-corrected chi connectivity index (χ4v) is 3.44. The van der Waals surface area contributed by atoms with Crippen LogP contribution in [-0.2, 0) is 6.54 Å². The molecule has 2 aromatic carbocycles. The lowest BCUT2D eigenvalue weighted by molar-refractivity contribution is -0.384. The smallest absolute Gasteiger partial charge is 0.270 e. The van der Waals surface area contributed by atoms with Crippen molar-refractivity contribution in [3.63, 3.8) is 0 Å². The normalized spacial score (nSPS) is 14.5. The molecule has 0 atom stereocenters. The Kier molecular flexibility index (Phi) is 6.28. The fraction of sp³-hybridized carbons (Fsp3) is 0.350. The monoisotopic (exact) mass is 402 g/mol. The van der Waals surface area contributed by atoms with E-state index in [0.717, 1.165) is 18.7 Å². The van der Waals surface area contributed by atoms with Gasteiger partial charge in [-0.2, -0.15) is 0 Å². The average molecular weight is 402 g/mol. The summed E-state index contributed by atoms with van der Waals surface area (Å²) in [4.78, 5) is 27.0. The standard InChI is InChI=1S/C20H23FN4O4/c1-22-20(26)16-12-15(25(27)28)4-5-18(16)24-9-7-23(8-10-24)13-14-3-6-19(29-2)17(21)11-14/h3-6,11-12H,7-10,13H2,1-2H3,(H,22,26). The molecule has 0 radical (unpaired) electrons. The number of halogens is 1. The maximum atomic E-state index is 13.9. The second-order valence-electron chi connectivity index (χ2n) is 6.77. The Balaban J connectivity index is 1.69. The van der Waals surface area contributed by atoms with Crippen LogP contribution in [0.3, 0.4) is 0 Å². The molecule has 29 heavy (non-hydrogen) atoms. The highest BCUT2D eigenvalue weighted by molar-refractivity contribution is 6.00. The largest absolute Gasteiger partial charge is 0.494 e. The molecule has 0 aromatic heterocycles. The van der Waals surface area contributed by atoms with Gasteiger partial charge in [0, 0.05) is 51.9 Å². The van der Waals surface area contributed by atoms with Gasteiger partial charge < -0.3 is 15.0 Å². The van der Waals surface area contributed by atoms with Crippen molar-refractivity contribution in [2.24, 2.45) is 0 Å². The highest BCUT2D eigenvalue weighted by Crippen LogP contribution is 2.27. The highest BCUT2D eigenvalue weighted by atomic mass is 19.1. The summed E-state index contributed by atoms with van der Waals surface area (Å²) in [5, 5.41) is 13.6. The maximum absolute atomic E-state index is 13.9. The van der Waals surface area contributed by atoms with Gasteiger partial charge >= 0.3 is 0 Å². The molecule has 1 amide bonds.